The van der Waals surface area contributed by atoms with E-state index in [4.69, 9.17) is 10.5 Å². The highest BCUT2D eigenvalue weighted by molar-refractivity contribution is 5.87. The third-order valence-corrected chi connectivity index (χ3v) is 2.88. The molecule has 6 nitrogen and oxygen atoms in total. The van der Waals surface area contributed by atoms with E-state index in [0.717, 1.165) is 12.8 Å². The van der Waals surface area contributed by atoms with Gasteiger partial charge in [0.15, 0.2) is 0 Å². The second-order valence-corrected chi connectivity index (χ2v) is 4.20. The van der Waals surface area contributed by atoms with Gasteiger partial charge in [-0.15, -0.1) is 0 Å². The lowest BCUT2D eigenvalue weighted by Crippen LogP contribution is -2.46. The van der Waals surface area contributed by atoms with Crippen LogP contribution in [0.5, 0.6) is 0 Å². The zero-order valence-corrected chi connectivity index (χ0v) is 10.2. The summed E-state index contributed by atoms with van der Waals surface area (Å²) in [5, 5.41) is 5.49. The molecular weight excluding hydrogens is 222 g/mol. The Morgan fingerprint density at radius 2 is 2.41 bits per heavy atom. The summed E-state index contributed by atoms with van der Waals surface area (Å²) >= 11 is 0. The summed E-state index contributed by atoms with van der Waals surface area (Å²) in [4.78, 5) is 23.3. The molecule has 1 heterocycles. The van der Waals surface area contributed by atoms with Gasteiger partial charge in [0, 0.05) is 20.2 Å². The van der Waals surface area contributed by atoms with E-state index in [0.29, 0.717) is 19.5 Å². The molecule has 1 aliphatic rings. The van der Waals surface area contributed by atoms with Crippen molar-refractivity contribution in [1.82, 2.24) is 10.6 Å². The number of carbonyl (C=O) groups excluding carboxylic acids is 2. The predicted molar refractivity (Wildman–Crippen MR) is 63.3 cm³/mol. The maximum absolute atomic E-state index is 11.7. The van der Waals surface area contributed by atoms with Crippen molar-refractivity contribution in [2.24, 2.45) is 5.73 Å². The Labute approximate surface area is 101 Å². The van der Waals surface area contributed by atoms with Gasteiger partial charge in [-0.2, -0.15) is 0 Å². The first-order chi connectivity index (χ1) is 8.17. The van der Waals surface area contributed by atoms with E-state index in [1.54, 1.807) is 0 Å². The molecule has 6 heteroatoms. The zero-order valence-electron chi connectivity index (χ0n) is 10.2. The van der Waals surface area contributed by atoms with Gasteiger partial charge in [-0.3, -0.25) is 9.59 Å². The summed E-state index contributed by atoms with van der Waals surface area (Å²) in [5.74, 6) is -0.290. The van der Waals surface area contributed by atoms with Crippen molar-refractivity contribution in [3.05, 3.63) is 0 Å². The number of nitrogens with two attached hydrogens (primary N) is 1. The molecule has 2 atom stereocenters. The monoisotopic (exact) mass is 243 g/mol. The van der Waals surface area contributed by atoms with Crippen LogP contribution in [0.1, 0.15) is 25.7 Å². The van der Waals surface area contributed by atoms with E-state index >= 15 is 0 Å². The first-order valence-electron chi connectivity index (χ1n) is 5.97. The molecule has 0 radical (unpaired) electrons. The van der Waals surface area contributed by atoms with Crippen LogP contribution in [-0.2, 0) is 14.3 Å². The fourth-order valence-corrected chi connectivity index (χ4v) is 1.80. The second kappa shape index (κ2) is 7.24. The van der Waals surface area contributed by atoms with Crippen LogP contribution in [0.2, 0.25) is 0 Å². The molecule has 98 valence electrons. The van der Waals surface area contributed by atoms with Crippen molar-refractivity contribution in [2.75, 3.05) is 20.2 Å². The minimum absolute atomic E-state index is 0.0995. The van der Waals surface area contributed by atoms with Crippen LogP contribution in [0.4, 0.5) is 0 Å². The lowest BCUT2D eigenvalue weighted by Gasteiger charge is -2.17. The van der Waals surface area contributed by atoms with Gasteiger partial charge in [0.05, 0.1) is 12.5 Å². The molecule has 1 rings (SSSR count). The maximum Gasteiger partial charge on any atom is 0.242 e. The first-order valence-corrected chi connectivity index (χ1v) is 5.97. The number of methoxy groups -OCH3 is 1. The molecule has 2 unspecified atom stereocenters. The van der Waals surface area contributed by atoms with Gasteiger partial charge in [0.25, 0.3) is 0 Å². The molecule has 0 spiro atoms. The molecule has 17 heavy (non-hydrogen) atoms. The van der Waals surface area contributed by atoms with E-state index in [1.165, 1.54) is 7.11 Å². The largest absolute Gasteiger partial charge is 0.380 e. The third-order valence-electron chi connectivity index (χ3n) is 2.88. The number of nitrogens with one attached hydrogen (secondary N) is 2. The Hall–Kier alpha value is -1.14. The van der Waals surface area contributed by atoms with Crippen LogP contribution in [0, 0.1) is 0 Å². The quantitative estimate of drug-likeness (QED) is 0.585. The average Bonchev–Trinajstić information content (AvgIpc) is 2.52. The van der Waals surface area contributed by atoms with Crippen molar-refractivity contribution in [2.45, 2.75) is 37.8 Å². The fraction of sp³-hybridized carbons (Fsp3) is 0.818. The molecule has 2 amide bonds. The van der Waals surface area contributed by atoms with Gasteiger partial charge < -0.3 is 21.1 Å². The molecule has 1 fully saturated rings. The van der Waals surface area contributed by atoms with E-state index in [-0.39, 0.29) is 24.3 Å². The minimum atomic E-state index is -0.416. The molecule has 0 aromatic carbocycles. The molecule has 0 saturated carbocycles. The molecule has 4 N–H and O–H groups in total. The van der Waals surface area contributed by atoms with Gasteiger partial charge in [0.2, 0.25) is 11.8 Å². The van der Waals surface area contributed by atoms with Gasteiger partial charge in [-0.05, 0) is 19.3 Å². The van der Waals surface area contributed by atoms with Crippen LogP contribution in [0.25, 0.3) is 0 Å². The summed E-state index contributed by atoms with van der Waals surface area (Å²) in [7, 11) is 1.52. The Bertz CT molecular complexity index is 267. The Morgan fingerprint density at radius 3 is 3.06 bits per heavy atom. The summed E-state index contributed by atoms with van der Waals surface area (Å²) in [6.45, 7) is 0.982. The van der Waals surface area contributed by atoms with Gasteiger partial charge in [0.1, 0.15) is 6.04 Å². The molecule has 0 aliphatic carbocycles. The van der Waals surface area contributed by atoms with Crippen molar-refractivity contribution in [1.29, 1.82) is 0 Å². The van der Waals surface area contributed by atoms with Crippen LogP contribution in [-0.4, -0.2) is 44.2 Å². The summed E-state index contributed by atoms with van der Waals surface area (Å²) in [6, 6.07) is -0.416. The number of rotatable bonds is 5. The Balaban J connectivity index is 2.40. The number of hydrogen-bond donors (Lipinski definition) is 3. The highest BCUT2D eigenvalue weighted by atomic mass is 16.5. The molecule has 1 aliphatic heterocycles. The van der Waals surface area contributed by atoms with E-state index < -0.39 is 6.04 Å². The number of hydrogen-bond acceptors (Lipinski definition) is 4. The molecular formula is C11H21N3O3. The Morgan fingerprint density at radius 1 is 1.65 bits per heavy atom. The van der Waals surface area contributed by atoms with Crippen LogP contribution < -0.4 is 16.4 Å². The molecule has 1 saturated heterocycles. The van der Waals surface area contributed by atoms with Gasteiger partial charge in [-0.25, -0.2) is 0 Å². The van der Waals surface area contributed by atoms with E-state index in [1.807, 2.05) is 0 Å². The summed E-state index contributed by atoms with van der Waals surface area (Å²) in [5.41, 5.74) is 5.43. The number of amides is 2. The first kappa shape index (κ1) is 13.9. The van der Waals surface area contributed by atoms with Gasteiger partial charge >= 0.3 is 0 Å². The average molecular weight is 243 g/mol. The molecule has 0 aromatic heterocycles. The van der Waals surface area contributed by atoms with Crippen molar-refractivity contribution < 1.29 is 14.3 Å². The van der Waals surface area contributed by atoms with Crippen LogP contribution in [0.3, 0.4) is 0 Å². The Kier molecular flexibility index (Phi) is 5.93. The SMILES string of the molecule is COC(CN)CC(=O)NC1CCCCNC1=O. The zero-order chi connectivity index (χ0) is 12.7. The normalized spacial score (nSPS) is 22.5. The van der Waals surface area contributed by atoms with Crippen molar-refractivity contribution in [3.8, 4) is 0 Å². The minimum Gasteiger partial charge on any atom is -0.380 e. The fourth-order valence-electron chi connectivity index (χ4n) is 1.80. The summed E-state index contributed by atoms with van der Waals surface area (Å²) in [6.07, 6.45) is 2.49. The van der Waals surface area contributed by atoms with E-state index in [2.05, 4.69) is 10.6 Å². The molecule has 0 bridgehead atoms. The number of ether oxygens (including phenoxy) is 1. The lowest BCUT2D eigenvalue weighted by atomic mass is 10.1. The van der Waals surface area contributed by atoms with Crippen molar-refractivity contribution >= 4 is 11.8 Å². The standard InChI is InChI=1S/C11H21N3O3/c1-17-8(7-12)6-10(15)14-9-4-2-3-5-13-11(9)16/h8-9H,2-7,12H2,1H3,(H,13,16)(H,14,15). The predicted octanol–water partition coefficient (Wildman–Crippen LogP) is -0.865. The van der Waals surface area contributed by atoms with Gasteiger partial charge in [-0.1, -0.05) is 0 Å². The van der Waals surface area contributed by atoms with Crippen molar-refractivity contribution in [3.63, 3.8) is 0 Å². The topological polar surface area (TPSA) is 93.4 Å². The third kappa shape index (κ3) is 4.70. The van der Waals surface area contributed by atoms with Crippen LogP contribution in [0.15, 0.2) is 0 Å². The number of carbonyl (C=O) groups is 2. The highest BCUT2D eigenvalue weighted by Crippen LogP contribution is 2.06. The smallest absolute Gasteiger partial charge is 0.242 e. The summed E-state index contributed by atoms with van der Waals surface area (Å²) < 4.78 is 5.02. The van der Waals surface area contributed by atoms with E-state index in [9.17, 15) is 9.59 Å². The molecule has 0 aromatic rings. The maximum atomic E-state index is 11.7. The highest BCUT2D eigenvalue weighted by Gasteiger charge is 2.23. The lowest BCUT2D eigenvalue weighted by molar-refractivity contribution is -0.130. The van der Waals surface area contributed by atoms with Crippen LogP contribution >= 0.6 is 0 Å². The second-order valence-electron chi connectivity index (χ2n) is 4.20.